The fraction of sp³-hybridized carbons (Fsp3) is 0.125. The number of benzene rings is 1. The molecule has 0 saturated heterocycles. The molecule has 0 radical (unpaired) electrons. The molecule has 23 heavy (non-hydrogen) atoms. The quantitative estimate of drug-likeness (QED) is 0.620. The van der Waals surface area contributed by atoms with E-state index in [2.05, 4.69) is 4.98 Å². The number of para-hydroxylation sites is 1. The fourth-order valence-electron chi connectivity index (χ4n) is 2.16. The zero-order valence-electron chi connectivity index (χ0n) is 12.1. The highest BCUT2D eigenvalue weighted by atomic mass is 35.5. The van der Waals surface area contributed by atoms with E-state index in [4.69, 9.17) is 22.7 Å². The summed E-state index contributed by atoms with van der Waals surface area (Å²) in [5.41, 5.74) is 6.26. The number of carbonyl (C=O) groups is 2. The van der Waals surface area contributed by atoms with Gasteiger partial charge in [0, 0.05) is 23.6 Å². The van der Waals surface area contributed by atoms with Crippen molar-refractivity contribution in [3.8, 4) is 0 Å². The van der Waals surface area contributed by atoms with Gasteiger partial charge in [-0.25, -0.2) is 0 Å². The SMILES string of the molecule is N=C(c1ccncc1)[C@@H](C(=O)Cl)N(C(=O)CN)c1ccccc1. The average Bonchev–Trinajstić information content (AvgIpc) is 2.59. The number of rotatable bonds is 6. The monoisotopic (exact) mass is 330 g/mol. The third-order valence-electron chi connectivity index (χ3n) is 3.22. The average molecular weight is 331 g/mol. The van der Waals surface area contributed by atoms with Crippen LogP contribution < -0.4 is 10.6 Å². The zero-order chi connectivity index (χ0) is 16.8. The lowest BCUT2D eigenvalue weighted by Crippen LogP contribution is -2.51. The number of nitrogens with one attached hydrogen (secondary N) is 1. The Morgan fingerprint density at radius 1 is 1.17 bits per heavy atom. The molecule has 1 heterocycles. The Hall–Kier alpha value is -2.57. The maximum Gasteiger partial charge on any atom is 0.250 e. The normalized spacial score (nSPS) is 11.6. The number of aromatic nitrogens is 1. The lowest BCUT2D eigenvalue weighted by atomic mass is 10.0. The minimum absolute atomic E-state index is 0.0990. The number of anilines is 1. The molecule has 2 rings (SSSR count). The first-order chi connectivity index (χ1) is 11.1. The van der Waals surface area contributed by atoms with E-state index in [9.17, 15) is 9.59 Å². The smallest absolute Gasteiger partial charge is 0.250 e. The van der Waals surface area contributed by atoms with E-state index >= 15 is 0 Å². The maximum absolute atomic E-state index is 12.3. The summed E-state index contributed by atoms with van der Waals surface area (Å²) >= 11 is 5.70. The van der Waals surface area contributed by atoms with Gasteiger partial charge in [0.05, 0.1) is 12.3 Å². The summed E-state index contributed by atoms with van der Waals surface area (Å²) in [6, 6.07) is 10.4. The predicted molar refractivity (Wildman–Crippen MR) is 88.7 cm³/mol. The first kappa shape index (κ1) is 16.8. The molecule has 0 fully saturated rings. The van der Waals surface area contributed by atoms with E-state index in [1.807, 2.05) is 0 Å². The van der Waals surface area contributed by atoms with Gasteiger partial charge in [-0.3, -0.25) is 19.5 Å². The lowest BCUT2D eigenvalue weighted by molar-refractivity contribution is -0.120. The minimum Gasteiger partial charge on any atom is -0.322 e. The van der Waals surface area contributed by atoms with Crippen molar-refractivity contribution in [1.29, 1.82) is 5.41 Å². The molecule has 0 spiro atoms. The van der Waals surface area contributed by atoms with E-state index in [-0.39, 0.29) is 12.3 Å². The first-order valence-corrected chi connectivity index (χ1v) is 7.19. The molecule has 1 aromatic heterocycles. The molecule has 0 aliphatic heterocycles. The van der Waals surface area contributed by atoms with Crippen molar-refractivity contribution in [3.05, 3.63) is 60.4 Å². The Morgan fingerprint density at radius 3 is 2.30 bits per heavy atom. The Balaban J connectivity index is 2.49. The zero-order valence-corrected chi connectivity index (χ0v) is 12.9. The van der Waals surface area contributed by atoms with Gasteiger partial charge in [0.1, 0.15) is 0 Å². The topological polar surface area (TPSA) is 100 Å². The highest BCUT2D eigenvalue weighted by Crippen LogP contribution is 2.21. The Kier molecular flexibility index (Phi) is 5.56. The second-order valence-corrected chi connectivity index (χ2v) is 5.03. The maximum atomic E-state index is 12.3. The lowest BCUT2D eigenvalue weighted by Gasteiger charge is -2.29. The fourth-order valence-corrected chi connectivity index (χ4v) is 2.36. The summed E-state index contributed by atoms with van der Waals surface area (Å²) in [4.78, 5) is 29.3. The molecule has 0 saturated carbocycles. The molecule has 0 aliphatic carbocycles. The summed E-state index contributed by atoms with van der Waals surface area (Å²) in [5, 5.41) is 7.46. The third kappa shape index (κ3) is 3.80. The van der Waals surface area contributed by atoms with Gasteiger partial charge in [-0.15, -0.1) is 0 Å². The van der Waals surface area contributed by atoms with Crippen LogP contribution in [-0.2, 0) is 9.59 Å². The first-order valence-electron chi connectivity index (χ1n) is 6.81. The van der Waals surface area contributed by atoms with Crippen LogP contribution in [0, 0.1) is 5.41 Å². The van der Waals surface area contributed by atoms with Crippen LogP contribution in [-0.4, -0.2) is 34.4 Å². The number of hydrogen-bond donors (Lipinski definition) is 2. The molecule has 0 bridgehead atoms. The highest BCUT2D eigenvalue weighted by molar-refractivity contribution is 6.67. The van der Waals surface area contributed by atoms with Gasteiger partial charge in [0.15, 0.2) is 6.04 Å². The van der Waals surface area contributed by atoms with Crippen LogP contribution in [0.3, 0.4) is 0 Å². The molecule has 1 aromatic carbocycles. The molecule has 2 aromatic rings. The number of nitrogens with two attached hydrogens (primary N) is 1. The molecule has 0 aliphatic rings. The van der Waals surface area contributed by atoms with Crippen molar-refractivity contribution in [1.82, 2.24) is 4.98 Å². The summed E-state index contributed by atoms with van der Waals surface area (Å²) in [6.07, 6.45) is 2.99. The standard InChI is InChI=1S/C16H15ClN4O2/c17-16(23)15(14(19)11-6-8-20-9-7-11)21(13(22)10-18)12-4-2-1-3-5-12/h1-9,15,19H,10,18H2/t15-/m0/s1. The molecule has 118 valence electrons. The van der Waals surface area contributed by atoms with Crippen molar-refractivity contribution in [3.63, 3.8) is 0 Å². The van der Waals surface area contributed by atoms with E-state index in [1.54, 1.807) is 42.5 Å². The Bertz CT molecular complexity index is 707. The molecule has 7 heteroatoms. The largest absolute Gasteiger partial charge is 0.322 e. The van der Waals surface area contributed by atoms with Crippen LogP contribution in [0.2, 0.25) is 0 Å². The number of pyridine rings is 1. The minimum atomic E-state index is -1.27. The summed E-state index contributed by atoms with van der Waals surface area (Å²) in [6.45, 7) is -0.306. The number of halogens is 1. The van der Waals surface area contributed by atoms with E-state index in [1.165, 1.54) is 12.4 Å². The van der Waals surface area contributed by atoms with Crippen molar-refractivity contribution in [2.75, 3.05) is 11.4 Å². The number of hydrogen-bond acceptors (Lipinski definition) is 5. The van der Waals surface area contributed by atoms with Crippen molar-refractivity contribution in [2.45, 2.75) is 6.04 Å². The molecule has 1 atom stereocenters. The summed E-state index contributed by atoms with van der Waals surface area (Å²) < 4.78 is 0. The highest BCUT2D eigenvalue weighted by Gasteiger charge is 2.33. The number of carbonyl (C=O) groups excluding carboxylic acids is 2. The molecular weight excluding hydrogens is 316 g/mol. The second-order valence-electron chi connectivity index (χ2n) is 4.66. The van der Waals surface area contributed by atoms with Crippen LogP contribution in [0.25, 0.3) is 0 Å². The Morgan fingerprint density at radius 2 is 1.78 bits per heavy atom. The van der Waals surface area contributed by atoms with Gasteiger partial charge in [-0.1, -0.05) is 18.2 Å². The van der Waals surface area contributed by atoms with Crippen molar-refractivity contribution < 1.29 is 9.59 Å². The molecule has 6 nitrogen and oxygen atoms in total. The molecular formula is C16H15ClN4O2. The number of nitrogens with zero attached hydrogens (tertiary/aromatic N) is 2. The van der Waals surface area contributed by atoms with Gasteiger partial charge < -0.3 is 11.1 Å². The summed E-state index contributed by atoms with van der Waals surface area (Å²) in [7, 11) is 0. The van der Waals surface area contributed by atoms with Crippen LogP contribution >= 0.6 is 11.6 Å². The predicted octanol–water partition coefficient (Wildman–Crippen LogP) is 1.58. The molecule has 0 unspecified atom stereocenters. The van der Waals surface area contributed by atoms with E-state index in [0.29, 0.717) is 11.3 Å². The van der Waals surface area contributed by atoms with Gasteiger partial charge in [-0.2, -0.15) is 0 Å². The molecule has 3 N–H and O–H groups in total. The van der Waals surface area contributed by atoms with Crippen molar-refractivity contribution >= 4 is 34.1 Å². The third-order valence-corrected chi connectivity index (χ3v) is 3.42. The van der Waals surface area contributed by atoms with Crippen LogP contribution in [0.5, 0.6) is 0 Å². The van der Waals surface area contributed by atoms with Gasteiger partial charge in [0.25, 0.3) is 5.24 Å². The van der Waals surface area contributed by atoms with Crippen LogP contribution in [0.4, 0.5) is 5.69 Å². The van der Waals surface area contributed by atoms with E-state index < -0.39 is 17.2 Å². The van der Waals surface area contributed by atoms with Crippen LogP contribution in [0.1, 0.15) is 5.56 Å². The van der Waals surface area contributed by atoms with Crippen LogP contribution in [0.15, 0.2) is 54.9 Å². The van der Waals surface area contributed by atoms with E-state index in [0.717, 1.165) is 4.90 Å². The van der Waals surface area contributed by atoms with Crippen molar-refractivity contribution in [2.24, 2.45) is 5.73 Å². The second kappa shape index (κ2) is 7.62. The number of amides is 1. The van der Waals surface area contributed by atoms with Gasteiger partial charge in [-0.05, 0) is 35.9 Å². The Labute approximate surface area is 138 Å². The van der Waals surface area contributed by atoms with Gasteiger partial charge in [0.2, 0.25) is 5.91 Å². The summed E-state index contributed by atoms with van der Waals surface area (Å²) in [5.74, 6) is -0.506. The molecule has 1 amide bonds. The van der Waals surface area contributed by atoms with Gasteiger partial charge >= 0.3 is 0 Å².